The Labute approximate surface area is 144 Å². The zero-order valence-corrected chi connectivity index (χ0v) is 14.9. The third kappa shape index (κ3) is 5.49. The minimum absolute atomic E-state index is 0.0550. The summed E-state index contributed by atoms with van der Waals surface area (Å²) in [6.07, 6.45) is 2.06. The van der Waals surface area contributed by atoms with Crippen molar-refractivity contribution in [2.45, 2.75) is 25.6 Å². The van der Waals surface area contributed by atoms with Crippen LogP contribution < -0.4 is 0 Å². The van der Waals surface area contributed by atoms with Crippen molar-refractivity contribution >= 4 is 15.7 Å². The zero-order chi connectivity index (χ0) is 17.6. The maximum atomic E-state index is 12.8. The van der Waals surface area contributed by atoms with Gasteiger partial charge in [-0.25, -0.2) is 8.42 Å². The normalized spacial score (nSPS) is 11.2. The second-order valence-corrected chi connectivity index (χ2v) is 8.12. The van der Waals surface area contributed by atoms with Crippen molar-refractivity contribution in [2.75, 3.05) is 12.8 Å². The van der Waals surface area contributed by atoms with E-state index in [1.54, 1.807) is 29.2 Å². The van der Waals surface area contributed by atoms with Crippen LogP contribution in [0.15, 0.2) is 54.6 Å². The van der Waals surface area contributed by atoms with Crippen molar-refractivity contribution in [1.29, 1.82) is 0 Å². The zero-order valence-electron chi connectivity index (χ0n) is 14.1. The molecule has 0 aliphatic carbocycles. The largest absolute Gasteiger partial charge is 0.334 e. The van der Waals surface area contributed by atoms with Crippen molar-refractivity contribution in [3.63, 3.8) is 0 Å². The number of benzene rings is 2. The fraction of sp³-hybridized carbons (Fsp3) is 0.316. The molecule has 0 aromatic heterocycles. The van der Waals surface area contributed by atoms with Crippen molar-refractivity contribution in [1.82, 2.24) is 4.90 Å². The molecule has 0 N–H and O–H groups in total. The number of carbonyl (C=O) groups excluding carboxylic acids is 1. The van der Waals surface area contributed by atoms with E-state index in [0.717, 1.165) is 12.0 Å². The van der Waals surface area contributed by atoms with E-state index >= 15 is 0 Å². The van der Waals surface area contributed by atoms with Gasteiger partial charge in [-0.15, -0.1) is 0 Å². The molecule has 0 heterocycles. The fourth-order valence-corrected chi connectivity index (χ4v) is 3.39. The number of hydrogen-bond acceptors (Lipinski definition) is 3. The first-order chi connectivity index (χ1) is 11.4. The van der Waals surface area contributed by atoms with Gasteiger partial charge in [-0.2, -0.15) is 0 Å². The number of nitrogens with zero attached hydrogens (tertiary/aromatic N) is 1. The molecule has 0 fully saturated rings. The average molecular weight is 345 g/mol. The topological polar surface area (TPSA) is 54.5 Å². The predicted molar refractivity (Wildman–Crippen MR) is 96.5 cm³/mol. The van der Waals surface area contributed by atoms with Gasteiger partial charge in [0.15, 0.2) is 9.84 Å². The molecule has 128 valence electrons. The minimum atomic E-state index is -3.12. The van der Waals surface area contributed by atoms with Crippen LogP contribution in [0, 0.1) is 0 Å². The Morgan fingerprint density at radius 1 is 1.00 bits per heavy atom. The summed E-state index contributed by atoms with van der Waals surface area (Å²) in [7, 11) is -3.12. The fourth-order valence-electron chi connectivity index (χ4n) is 2.61. The van der Waals surface area contributed by atoms with Gasteiger partial charge >= 0.3 is 0 Å². The predicted octanol–water partition coefficient (Wildman–Crippen LogP) is 3.28. The lowest BCUT2D eigenvalue weighted by Crippen LogP contribution is -2.31. The summed E-state index contributed by atoms with van der Waals surface area (Å²) in [6.45, 7) is 3.24. The van der Waals surface area contributed by atoms with Gasteiger partial charge in [-0.05, 0) is 29.7 Å². The van der Waals surface area contributed by atoms with Crippen LogP contribution in [0.5, 0.6) is 0 Å². The van der Waals surface area contributed by atoms with Gasteiger partial charge in [0.05, 0.1) is 5.75 Å². The molecule has 0 spiro atoms. The maximum absolute atomic E-state index is 12.8. The molecule has 0 saturated carbocycles. The van der Waals surface area contributed by atoms with Crippen LogP contribution in [0.2, 0.25) is 0 Å². The van der Waals surface area contributed by atoms with E-state index in [4.69, 9.17) is 0 Å². The molecular weight excluding hydrogens is 322 g/mol. The van der Waals surface area contributed by atoms with Crippen LogP contribution in [0.25, 0.3) is 0 Å². The summed E-state index contributed by atoms with van der Waals surface area (Å²) >= 11 is 0. The smallest absolute Gasteiger partial charge is 0.254 e. The standard InChI is InChI=1S/C19H23NO3S/c1-3-12-20(14-16-8-5-4-6-9-16)19(21)18-11-7-10-17(13-18)15-24(2,22)23/h4-11,13H,3,12,14-15H2,1-2H3. The van der Waals surface area contributed by atoms with Crippen LogP contribution in [-0.2, 0) is 22.1 Å². The van der Waals surface area contributed by atoms with Crippen molar-refractivity contribution in [3.8, 4) is 0 Å². The summed E-state index contributed by atoms with van der Waals surface area (Å²) in [5.74, 6) is -0.128. The Morgan fingerprint density at radius 3 is 2.29 bits per heavy atom. The lowest BCUT2D eigenvalue weighted by atomic mass is 10.1. The summed E-state index contributed by atoms with van der Waals surface area (Å²) in [4.78, 5) is 14.6. The van der Waals surface area contributed by atoms with Crippen molar-refractivity contribution < 1.29 is 13.2 Å². The van der Waals surface area contributed by atoms with Crippen LogP contribution in [0.1, 0.15) is 34.8 Å². The minimum Gasteiger partial charge on any atom is -0.334 e. The van der Waals surface area contributed by atoms with Gasteiger partial charge in [0.1, 0.15) is 0 Å². The first-order valence-electron chi connectivity index (χ1n) is 7.99. The molecular formula is C19H23NO3S. The molecule has 0 aliphatic heterocycles. The summed E-state index contributed by atoms with van der Waals surface area (Å²) in [5, 5.41) is 0. The molecule has 0 aliphatic rings. The Kier molecular flexibility index (Phi) is 6.15. The number of sulfone groups is 1. The van der Waals surface area contributed by atoms with E-state index < -0.39 is 9.84 Å². The molecule has 24 heavy (non-hydrogen) atoms. The van der Waals surface area contributed by atoms with Crippen LogP contribution in [0.4, 0.5) is 0 Å². The molecule has 2 aromatic rings. The first-order valence-corrected chi connectivity index (χ1v) is 10.0. The average Bonchev–Trinajstić information content (AvgIpc) is 2.53. The van der Waals surface area contributed by atoms with Crippen LogP contribution in [-0.4, -0.2) is 32.0 Å². The maximum Gasteiger partial charge on any atom is 0.254 e. The highest BCUT2D eigenvalue weighted by Crippen LogP contribution is 2.14. The van der Waals surface area contributed by atoms with Gasteiger partial charge in [-0.1, -0.05) is 49.4 Å². The molecule has 0 atom stereocenters. The van der Waals surface area contributed by atoms with Crippen LogP contribution >= 0.6 is 0 Å². The second kappa shape index (κ2) is 8.11. The molecule has 2 aromatic carbocycles. The Balaban J connectivity index is 2.21. The molecule has 4 nitrogen and oxygen atoms in total. The van der Waals surface area contributed by atoms with Gasteiger partial charge in [0, 0.05) is 24.9 Å². The summed E-state index contributed by atoms with van der Waals surface area (Å²) < 4.78 is 22.9. The SMILES string of the molecule is CCCN(Cc1ccccc1)C(=O)c1cccc(CS(C)(=O)=O)c1. The van der Waals surface area contributed by atoms with E-state index in [1.807, 2.05) is 37.3 Å². The molecule has 0 radical (unpaired) electrons. The molecule has 0 saturated heterocycles. The third-order valence-corrected chi connectivity index (χ3v) is 4.46. The van der Waals surface area contributed by atoms with E-state index in [2.05, 4.69) is 0 Å². The molecule has 0 bridgehead atoms. The molecule has 5 heteroatoms. The highest BCUT2D eigenvalue weighted by molar-refractivity contribution is 7.89. The highest BCUT2D eigenvalue weighted by Gasteiger charge is 2.16. The van der Waals surface area contributed by atoms with E-state index in [9.17, 15) is 13.2 Å². The first kappa shape index (κ1) is 18.2. The van der Waals surface area contributed by atoms with E-state index in [1.165, 1.54) is 6.26 Å². The van der Waals surface area contributed by atoms with E-state index in [-0.39, 0.29) is 11.7 Å². The lowest BCUT2D eigenvalue weighted by Gasteiger charge is -2.22. The molecule has 2 rings (SSSR count). The van der Waals surface area contributed by atoms with Gasteiger partial charge in [-0.3, -0.25) is 4.79 Å². The monoisotopic (exact) mass is 345 g/mol. The Hall–Kier alpha value is -2.14. The van der Waals surface area contributed by atoms with Gasteiger partial charge in [0.2, 0.25) is 0 Å². The third-order valence-electron chi connectivity index (χ3n) is 3.60. The lowest BCUT2D eigenvalue weighted by molar-refractivity contribution is 0.0743. The van der Waals surface area contributed by atoms with Crippen molar-refractivity contribution in [2.24, 2.45) is 0 Å². The van der Waals surface area contributed by atoms with Crippen molar-refractivity contribution in [3.05, 3.63) is 71.3 Å². The van der Waals surface area contributed by atoms with Crippen LogP contribution in [0.3, 0.4) is 0 Å². The molecule has 1 amide bonds. The van der Waals surface area contributed by atoms with Gasteiger partial charge < -0.3 is 4.90 Å². The van der Waals surface area contributed by atoms with E-state index in [0.29, 0.717) is 24.2 Å². The summed E-state index contributed by atoms with van der Waals surface area (Å²) in [6, 6.07) is 16.7. The Morgan fingerprint density at radius 2 is 1.67 bits per heavy atom. The number of carbonyl (C=O) groups is 1. The molecule has 0 unspecified atom stereocenters. The Bertz CT molecular complexity index is 785. The number of hydrogen-bond donors (Lipinski definition) is 0. The van der Waals surface area contributed by atoms with Gasteiger partial charge in [0.25, 0.3) is 5.91 Å². The number of rotatable bonds is 7. The number of amides is 1. The highest BCUT2D eigenvalue weighted by atomic mass is 32.2. The second-order valence-electron chi connectivity index (χ2n) is 5.98. The summed E-state index contributed by atoms with van der Waals surface area (Å²) in [5.41, 5.74) is 2.24. The quantitative estimate of drug-likeness (QED) is 0.774.